The number of hydrogen-bond acceptors (Lipinski definition) is 3. The molecule has 134 valence electrons. The SMILES string of the molecule is CC1CCN(C(=S)c2cc(Br)ccc2OCc2ccccc2C#N)CC1. The van der Waals surface area contributed by atoms with Crippen molar-refractivity contribution in [3.8, 4) is 11.8 Å². The fourth-order valence-electron chi connectivity index (χ4n) is 3.09. The molecule has 3 rings (SSSR count). The number of nitriles is 1. The summed E-state index contributed by atoms with van der Waals surface area (Å²) in [6.07, 6.45) is 2.33. The lowest BCUT2D eigenvalue weighted by atomic mass is 9.99. The zero-order valence-electron chi connectivity index (χ0n) is 14.7. The van der Waals surface area contributed by atoms with E-state index < -0.39 is 0 Å². The molecule has 1 heterocycles. The molecule has 0 atom stereocenters. The van der Waals surface area contributed by atoms with Crippen LogP contribution in [-0.4, -0.2) is 23.0 Å². The Bertz CT molecular complexity index is 838. The Morgan fingerprint density at radius 2 is 2.00 bits per heavy atom. The van der Waals surface area contributed by atoms with Gasteiger partial charge in [0, 0.05) is 23.1 Å². The van der Waals surface area contributed by atoms with Crippen molar-refractivity contribution in [1.82, 2.24) is 4.90 Å². The van der Waals surface area contributed by atoms with Crippen molar-refractivity contribution in [2.75, 3.05) is 13.1 Å². The van der Waals surface area contributed by atoms with Crippen LogP contribution in [0.25, 0.3) is 0 Å². The average molecular weight is 429 g/mol. The number of rotatable bonds is 4. The third kappa shape index (κ3) is 4.44. The van der Waals surface area contributed by atoms with Crippen LogP contribution in [0.15, 0.2) is 46.9 Å². The van der Waals surface area contributed by atoms with Crippen LogP contribution in [-0.2, 0) is 6.61 Å². The highest BCUT2D eigenvalue weighted by Crippen LogP contribution is 2.28. The lowest BCUT2D eigenvalue weighted by Crippen LogP contribution is -2.37. The van der Waals surface area contributed by atoms with E-state index in [2.05, 4.69) is 33.8 Å². The van der Waals surface area contributed by atoms with Gasteiger partial charge >= 0.3 is 0 Å². The Balaban J connectivity index is 1.80. The van der Waals surface area contributed by atoms with Crippen molar-refractivity contribution < 1.29 is 4.74 Å². The highest BCUT2D eigenvalue weighted by atomic mass is 79.9. The van der Waals surface area contributed by atoms with Crippen LogP contribution < -0.4 is 4.74 Å². The first-order chi connectivity index (χ1) is 12.6. The molecule has 1 aliphatic rings. The fraction of sp³-hybridized carbons (Fsp3) is 0.333. The van der Waals surface area contributed by atoms with Gasteiger partial charge in [-0.05, 0) is 43.0 Å². The van der Waals surface area contributed by atoms with E-state index in [-0.39, 0.29) is 0 Å². The fourth-order valence-corrected chi connectivity index (χ4v) is 3.79. The van der Waals surface area contributed by atoms with Crippen molar-refractivity contribution in [3.05, 3.63) is 63.6 Å². The van der Waals surface area contributed by atoms with E-state index in [4.69, 9.17) is 17.0 Å². The van der Waals surface area contributed by atoms with Crippen molar-refractivity contribution in [2.45, 2.75) is 26.4 Å². The molecule has 1 fully saturated rings. The molecule has 0 aliphatic carbocycles. The second-order valence-corrected chi connectivity index (χ2v) is 7.98. The molecule has 1 aliphatic heterocycles. The predicted molar refractivity (Wildman–Crippen MR) is 111 cm³/mol. The van der Waals surface area contributed by atoms with Gasteiger partial charge in [0.2, 0.25) is 0 Å². The van der Waals surface area contributed by atoms with Crippen molar-refractivity contribution in [3.63, 3.8) is 0 Å². The number of ether oxygens (including phenoxy) is 1. The number of piperidine rings is 1. The Hall–Kier alpha value is -1.90. The predicted octanol–water partition coefficient (Wildman–Crippen LogP) is 5.31. The van der Waals surface area contributed by atoms with Gasteiger partial charge in [-0.2, -0.15) is 5.26 Å². The van der Waals surface area contributed by atoms with E-state index >= 15 is 0 Å². The van der Waals surface area contributed by atoms with Crippen LogP contribution in [0.5, 0.6) is 5.75 Å². The molecule has 2 aromatic carbocycles. The average Bonchev–Trinajstić information content (AvgIpc) is 2.67. The van der Waals surface area contributed by atoms with Crippen LogP contribution in [0.2, 0.25) is 0 Å². The molecular weight excluding hydrogens is 408 g/mol. The molecule has 0 radical (unpaired) electrons. The van der Waals surface area contributed by atoms with Gasteiger partial charge in [-0.15, -0.1) is 0 Å². The maximum absolute atomic E-state index is 9.25. The topological polar surface area (TPSA) is 36.3 Å². The summed E-state index contributed by atoms with van der Waals surface area (Å²) < 4.78 is 7.04. The van der Waals surface area contributed by atoms with Gasteiger partial charge in [-0.3, -0.25) is 0 Å². The number of halogens is 1. The number of likely N-dealkylation sites (tertiary alicyclic amines) is 1. The summed E-state index contributed by atoms with van der Waals surface area (Å²) in [7, 11) is 0. The Morgan fingerprint density at radius 1 is 1.27 bits per heavy atom. The Morgan fingerprint density at radius 3 is 2.73 bits per heavy atom. The first-order valence-electron chi connectivity index (χ1n) is 8.78. The molecule has 0 spiro atoms. The highest BCUT2D eigenvalue weighted by Gasteiger charge is 2.21. The first kappa shape index (κ1) is 18.9. The second-order valence-electron chi connectivity index (χ2n) is 6.67. The van der Waals surface area contributed by atoms with Crippen LogP contribution >= 0.6 is 28.1 Å². The molecule has 0 bridgehead atoms. The van der Waals surface area contributed by atoms with Crippen molar-refractivity contribution in [2.24, 2.45) is 5.92 Å². The summed E-state index contributed by atoms with van der Waals surface area (Å²) in [5.41, 5.74) is 2.44. The minimum Gasteiger partial charge on any atom is -0.488 e. The monoisotopic (exact) mass is 428 g/mol. The summed E-state index contributed by atoms with van der Waals surface area (Å²) in [5.74, 6) is 1.51. The van der Waals surface area contributed by atoms with Crippen molar-refractivity contribution in [1.29, 1.82) is 5.26 Å². The lowest BCUT2D eigenvalue weighted by Gasteiger charge is -2.33. The summed E-state index contributed by atoms with van der Waals surface area (Å²) in [5, 5.41) is 9.25. The summed E-state index contributed by atoms with van der Waals surface area (Å²) in [4.78, 5) is 3.11. The summed E-state index contributed by atoms with van der Waals surface area (Å²) >= 11 is 9.32. The van der Waals surface area contributed by atoms with Gasteiger partial charge in [-0.1, -0.05) is 53.3 Å². The highest BCUT2D eigenvalue weighted by molar-refractivity contribution is 9.10. The molecule has 1 saturated heterocycles. The minimum absolute atomic E-state index is 0.345. The van der Waals surface area contributed by atoms with Gasteiger partial charge in [-0.25, -0.2) is 0 Å². The van der Waals surface area contributed by atoms with Crippen LogP contribution in [0.4, 0.5) is 0 Å². The zero-order valence-corrected chi connectivity index (χ0v) is 17.1. The molecule has 2 aromatic rings. The molecule has 0 N–H and O–H groups in total. The van der Waals surface area contributed by atoms with E-state index in [9.17, 15) is 5.26 Å². The Kier molecular flexibility index (Phi) is 6.29. The van der Waals surface area contributed by atoms with Gasteiger partial charge in [0.05, 0.1) is 17.2 Å². The largest absolute Gasteiger partial charge is 0.488 e. The summed E-state index contributed by atoms with van der Waals surface area (Å²) in [6, 6.07) is 15.6. The molecule has 0 aromatic heterocycles. The van der Waals surface area contributed by atoms with Crippen LogP contribution in [0.1, 0.15) is 36.5 Å². The molecule has 5 heteroatoms. The van der Waals surface area contributed by atoms with Crippen LogP contribution in [0, 0.1) is 17.2 Å². The normalized spacial score (nSPS) is 14.7. The maximum atomic E-state index is 9.25. The Labute approximate surface area is 168 Å². The lowest BCUT2D eigenvalue weighted by molar-refractivity contribution is 0.281. The van der Waals surface area contributed by atoms with Gasteiger partial charge < -0.3 is 9.64 Å². The maximum Gasteiger partial charge on any atom is 0.130 e. The molecule has 3 nitrogen and oxygen atoms in total. The van der Waals surface area contributed by atoms with E-state index in [1.807, 2.05) is 36.4 Å². The van der Waals surface area contributed by atoms with E-state index in [1.165, 1.54) is 12.8 Å². The molecule has 0 saturated carbocycles. The van der Waals surface area contributed by atoms with E-state index in [0.717, 1.165) is 45.3 Å². The number of thiocarbonyl (C=S) groups is 1. The molecule has 0 amide bonds. The second kappa shape index (κ2) is 8.66. The van der Waals surface area contributed by atoms with Gasteiger partial charge in [0.1, 0.15) is 17.3 Å². The van der Waals surface area contributed by atoms with Crippen LogP contribution in [0.3, 0.4) is 0 Å². The number of benzene rings is 2. The molecule has 0 unspecified atom stereocenters. The number of hydrogen-bond donors (Lipinski definition) is 0. The molecular formula is C21H21BrN2OS. The van der Waals surface area contributed by atoms with Crippen molar-refractivity contribution >= 4 is 33.1 Å². The minimum atomic E-state index is 0.345. The standard InChI is InChI=1S/C21H21BrN2OS/c1-15-8-10-24(11-9-15)21(26)19-12-18(22)6-7-20(19)25-14-17-5-3-2-4-16(17)13-23/h2-7,12,15H,8-11,14H2,1H3. The smallest absolute Gasteiger partial charge is 0.130 e. The quantitative estimate of drug-likeness (QED) is 0.618. The van der Waals surface area contributed by atoms with E-state index in [1.54, 1.807) is 6.07 Å². The zero-order chi connectivity index (χ0) is 18.5. The van der Waals surface area contributed by atoms with Gasteiger partial charge in [0.15, 0.2) is 0 Å². The third-order valence-corrected chi connectivity index (χ3v) is 5.74. The number of nitrogens with zero attached hydrogens (tertiary/aromatic N) is 2. The van der Waals surface area contributed by atoms with Gasteiger partial charge in [0.25, 0.3) is 0 Å². The first-order valence-corrected chi connectivity index (χ1v) is 9.98. The van der Waals surface area contributed by atoms with E-state index in [0.29, 0.717) is 12.2 Å². The third-order valence-electron chi connectivity index (χ3n) is 4.76. The summed E-state index contributed by atoms with van der Waals surface area (Å²) in [6.45, 7) is 4.62. The molecule has 26 heavy (non-hydrogen) atoms.